The van der Waals surface area contributed by atoms with Crippen LogP contribution in [0, 0.1) is 0 Å². The Hall–Kier alpha value is -4.48. The van der Waals surface area contributed by atoms with Crippen molar-refractivity contribution in [3.8, 4) is 0 Å². The minimum absolute atomic E-state index is 0.0851. The van der Waals surface area contributed by atoms with E-state index < -0.39 is 41.4 Å². The molecule has 4 rings (SSSR count). The number of carbonyl (C=O) groups is 4. The first-order valence-corrected chi connectivity index (χ1v) is 14.2. The monoisotopic (exact) mass is 589 g/mol. The lowest BCUT2D eigenvalue weighted by Gasteiger charge is -2.28. The Balaban J connectivity index is 1.53. The van der Waals surface area contributed by atoms with Crippen molar-refractivity contribution in [1.29, 1.82) is 0 Å². The smallest absolute Gasteiger partial charge is 0.328 e. The molecular formula is C32H39N5O6. The van der Waals surface area contributed by atoms with Crippen LogP contribution in [0.4, 0.5) is 5.69 Å². The SMILES string of the molecule is COC(=O)[C@@H]1CCCN1C(=O)C(c1ccccc1)n1ccc(NC(=O)[C@@H](COCc2ccccc2)NC(=O)C(C)(C)N)c1. The highest BCUT2D eigenvalue weighted by atomic mass is 16.5. The summed E-state index contributed by atoms with van der Waals surface area (Å²) in [5.41, 5.74) is 6.81. The van der Waals surface area contributed by atoms with Gasteiger partial charge in [-0.2, -0.15) is 0 Å². The molecule has 0 saturated carbocycles. The van der Waals surface area contributed by atoms with Crippen LogP contribution in [0.25, 0.3) is 0 Å². The van der Waals surface area contributed by atoms with Crippen molar-refractivity contribution in [3.05, 3.63) is 90.3 Å². The molecule has 11 heteroatoms. The van der Waals surface area contributed by atoms with Crippen molar-refractivity contribution in [2.45, 2.75) is 57.0 Å². The summed E-state index contributed by atoms with van der Waals surface area (Å²) in [5, 5.41) is 5.51. The lowest BCUT2D eigenvalue weighted by molar-refractivity contribution is -0.151. The van der Waals surface area contributed by atoms with E-state index in [1.165, 1.54) is 7.11 Å². The van der Waals surface area contributed by atoms with Gasteiger partial charge in [0.2, 0.25) is 11.8 Å². The number of likely N-dealkylation sites (tertiary alicyclic amines) is 1. The third-order valence-corrected chi connectivity index (χ3v) is 7.24. The number of amides is 3. The van der Waals surface area contributed by atoms with Gasteiger partial charge in [-0.1, -0.05) is 60.7 Å². The Bertz CT molecular complexity index is 1400. The van der Waals surface area contributed by atoms with E-state index >= 15 is 0 Å². The largest absolute Gasteiger partial charge is 0.467 e. The fourth-order valence-corrected chi connectivity index (χ4v) is 4.92. The number of rotatable bonds is 12. The number of nitrogens with one attached hydrogen (secondary N) is 2. The zero-order chi connectivity index (χ0) is 31.0. The number of carbonyl (C=O) groups excluding carboxylic acids is 4. The van der Waals surface area contributed by atoms with Crippen LogP contribution in [0.15, 0.2) is 79.1 Å². The minimum Gasteiger partial charge on any atom is -0.467 e. The molecule has 1 fully saturated rings. The minimum atomic E-state index is -1.21. The standard InChI is InChI=1S/C32H39N5O6/c1-32(2,33)31(41)35-25(21-43-20-22-11-6-4-7-12-22)28(38)34-24-16-18-36(19-24)27(23-13-8-5-9-14-23)29(39)37-17-10-15-26(37)30(40)42-3/h4-9,11-14,16,18-19,25-27H,10,15,17,20-21,33H2,1-3H3,(H,34,38)(H,35,41)/t25-,26+,27?/m1/s1. The first kappa shape index (κ1) is 31.5. The van der Waals surface area contributed by atoms with E-state index in [2.05, 4.69) is 10.6 Å². The van der Waals surface area contributed by atoms with Crippen LogP contribution in [0.5, 0.6) is 0 Å². The van der Waals surface area contributed by atoms with Crippen molar-refractivity contribution in [1.82, 2.24) is 14.8 Å². The normalized spacial score (nSPS) is 16.3. The fourth-order valence-electron chi connectivity index (χ4n) is 4.92. The van der Waals surface area contributed by atoms with E-state index in [0.717, 1.165) is 11.1 Å². The molecule has 0 spiro atoms. The van der Waals surface area contributed by atoms with E-state index in [0.29, 0.717) is 25.1 Å². The number of aromatic nitrogens is 1. The van der Waals surface area contributed by atoms with E-state index in [9.17, 15) is 19.2 Å². The molecule has 3 aromatic rings. The molecule has 3 atom stereocenters. The van der Waals surface area contributed by atoms with Gasteiger partial charge in [-0.15, -0.1) is 0 Å². The molecular weight excluding hydrogens is 550 g/mol. The topological polar surface area (TPSA) is 145 Å². The molecule has 3 amide bonds. The molecule has 11 nitrogen and oxygen atoms in total. The van der Waals surface area contributed by atoms with E-state index in [-0.39, 0.29) is 19.1 Å². The third-order valence-electron chi connectivity index (χ3n) is 7.24. The highest BCUT2D eigenvalue weighted by Crippen LogP contribution is 2.28. The highest BCUT2D eigenvalue weighted by molar-refractivity contribution is 5.98. The van der Waals surface area contributed by atoms with Crippen molar-refractivity contribution < 1.29 is 28.7 Å². The van der Waals surface area contributed by atoms with Crippen LogP contribution in [-0.2, 0) is 35.3 Å². The molecule has 1 aliphatic rings. The maximum atomic E-state index is 13.9. The molecule has 2 aromatic carbocycles. The quantitative estimate of drug-likeness (QED) is 0.276. The van der Waals surface area contributed by atoms with Gasteiger partial charge in [0.15, 0.2) is 0 Å². The Morgan fingerprint density at radius 1 is 1.02 bits per heavy atom. The number of methoxy groups -OCH3 is 1. The van der Waals surface area contributed by atoms with E-state index in [1.807, 2.05) is 60.7 Å². The summed E-state index contributed by atoms with van der Waals surface area (Å²) in [6, 6.07) is 17.9. The van der Waals surface area contributed by atoms with Crippen molar-refractivity contribution in [2.24, 2.45) is 5.73 Å². The second-order valence-corrected chi connectivity index (χ2v) is 11.1. The zero-order valence-corrected chi connectivity index (χ0v) is 24.7. The first-order valence-electron chi connectivity index (χ1n) is 14.2. The Kier molecular flexibility index (Phi) is 10.3. The molecule has 0 aliphatic carbocycles. The molecule has 4 N–H and O–H groups in total. The van der Waals surface area contributed by atoms with Crippen LogP contribution >= 0.6 is 0 Å². The summed E-state index contributed by atoms with van der Waals surface area (Å²) in [7, 11) is 1.32. The summed E-state index contributed by atoms with van der Waals surface area (Å²) in [6.07, 6.45) is 4.56. The van der Waals surface area contributed by atoms with Crippen LogP contribution in [0.3, 0.4) is 0 Å². The molecule has 2 heterocycles. The number of benzene rings is 2. The predicted octanol–water partition coefficient (Wildman–Crippen LogP) is 2.62. The van der Waals surface area contributed by atoms with Crippen LogP contribution in [0.1, 0.15) is 43.9 Å². The van der Waals surface area contributed by atoms with Gasteiger partial charge < -0.3 is 35.3 Å². The zero-order valence-electron chi connectivity index (χ0n) is 24.7. The lowest BCUT2D eigenvalue weighted by Crippen LogP contribution is -2.56. The van der Waals surface area contributed by atoms with Gasteiger partial charge in [-0.3, -0.25) is 14.4 Å². The van der Waals surface area contributed by atoms with E-state index in [4.69, 9.17) is 15.2 Å². The molecule has 43 heavy (non-hydrogen) atoms. The highest BCUT2D eigenvalue weighted by Gasteiger charge is 2.39. The van der Waals surface area contributed by atoms with Gasteiger partial charge in [-0.25, -0.2) is 4.79 Å². The number of anilines is 1. The summed E-state index contributed by atoms with van der Waals surface area (Å²) in [5.74, 6) is -1.70. The maximum absolute atomic E-state index is 13.9. The van der Waals surface area contributed by atoms with E-state index in [1.54, 1.807) is 41.8 Å². The molecule has 0 radical (unpaired) electrons. The molecule has 0 bridgehead atoms. The Morgan fingerprint density at radius 2 is 1.70 bits per heavy atom. The number of esters is 1. The molecule has 1 unspecified atom stereocenters. The number of hydrogen-bond donors (Lipinski definition) is 3. The third kappa shape index (κ3) is 8.08. The lowest BCUT2D eigenvalue weighted by atomic mass is 10.0. The average molecular weight is 590 g/mol. The second kappa shape index (κ2) is 14.1. The Morgan fingerprint density at radius 3 is 2.35 bits per heavy atom. The fraction of sp³-hybridized carbons (Fsp3) is 0.375. The summed E-state index contributed by atoms with van der Waals surface area (Å²) in [6.45, 7) is 3.71. The predicted molar refractivity (Wildman–Crippen MR) is 161 cm³/mol. The number of ether oxygens (including phenoxy) is 2. The second-order valence-electron chi connectivity index (χ2n) is 11.1. The van der Waals surface area contributed by atoms with Crippen molar-refractivity contribution in [3.63, 3.8) is 0 Å². The molecule has 1 saturated heterocycles. The maximum Gasteiger partial charge on any atom is 0.328 e. The van der Waals surface area contributed by atoms with Gasteiger partial charge >= 0.3 is 5.97 Å². The van der Waals surface area contributed by atoms with Crippen molar-refractivity contribution >= 4 is 29.4 Å². The molecule has 1 aromatic heterocycles. The van der Waals surface area contributed by atoms with Crippen LogP contribution in [0.2, 0.25) is 0 Å². The van der Waals surface area contributed by atoms with Crippen LogP contribution < -0.4 is 16.4 Å². The first-order chi connectivity index (χ1) is 20.6. The number of hydrogen-bond acceptors (Lipinski definition) is 7. The summed E-state index contributed by atoms with van der Waals surface area (Å²) < 4.78 is 12.4. The number of nitrogens with two attached hydrogens (primary N) is 1. The van der Waals surface area contributed by atoms with Crippen molar-refractivity contribution in [2.75, 3.05) is 25.6 Å². The van der Waals surface area contributed by atoms with Gasteiger partial charge in [0, 0.05) is 18.9 Å². The van der Waals surface area contributed by atoms with Crippen LogP contribution in [-0.4, -0.2) is 71.0 Å². The molecule has 1 aliphatic heterocycles. The van der Waals surface area contributed by atoms with Gasteiger partial charge in [0.25, 0.3) is 5.91 Å². The summed E-state index contributed by atoms with van der Waals surface area (Å²) in [4.78, 5) is 53.9. The molecule has 228 valence electrons. The van der Waals surface area contributed by atoms with Gasteiger partial charge in [-0.05, 0) is 43.9 Å². The summed E-state index contributed by atoms with van der Waals surface area (Å²) >= 11 is 0. The van der Waals surface area contributed by atoms with Gasteiger partial charge in [0.1, 0.15) is 18.1 Å². The Labute approximate surface area is 251 Å². The van der Waals surface area contributed by atoms with Gasteiger partial charge in [0.05, 0.1) is 31.5 Å². The number of nitrogens with zero attached hydrogens (tertiary/aromatic N) is 2. The average Bonchev–Trinajstić information content (AvgIpc) is 3.67.